The summed E-state index contributed by atoms with van der Waals surface area (Å²) < 4.78 is 10.1. The first-order valence-corrected chi connectivity index (χ1v) is 6.14. The molecule has 2 rings (SSSR count). The topological polar surface area (TPSA) is 65.0 Å². The number of aliphatic imine (C=N–C) groups is 1. The second-order valence-electron chi connectivity index (χ2n) is 4.47. The van der Waals surface area contributed by atoms with Crippen LogP contribution in [0.2, 0.25) is 0 Å². The zero-order valence-electron chi connectivity index (χ0n) is 11.5. The van der Waals surface area contributed by atoms with Crippen LogP contribution in [0.15, 0.2) is 41.1 Å². The molecule has 1 aromatic carbocycles. The summed E-state index contributed by atoms with van der Waals surface area (Å²) >= 11 is 0. The van der Waals surface area contributed by atoms with Crippen molar-refractivity contribution in [1.82, 2.24) is 0 Å². The molecule has 0 saturated carbocycles. The van der Waals surface area contributed by atoms with Crippen LogP contribution >= 0.6 is 0 Å². The molecule has 0 amide bonds. The van der Waals surface area contributed by atoms with Gasteiger partial charge < -0.3 is 9.47 Å². The molecule has 0 radical (unpaired) electrons. The van der Waals surface area contributed by atoms with Crippen molar-refractivity contribution in [3.05, 3.63) is 36.1 Å². The number of esters is 1. The first-order chi connectivity index (χ1) is 9.51. The van der Waals surface area contributed by atoms with Gasteiger partial charge in [-0.15, -0.1) is 0 Å². The lowest BCUT2D eigenvalue weighted by Crippen LogP contribution is -2.34. The highest BCUT2D eigenvalue weighted by Crippen LogP contribution is 2.22. The maximum atomic E-state index is 11.9. The standard InChI is InChI=1S/C15H15NO4/c1-9-7-13(17)14(15(18)20-9)10(2)16-11-5-4-6-12(8-11)19-3/h4-8,14H,1-3H3. The Balaban J connectivity index is 2.30. The van der Waals surface area contributed by atoms with Crippen LogP contribution in [0.1, 0.15) is 13.8 Å². The van der Waals surface area contributed by atoms with Gasteiger partial charge in [0.2, 0.25) is 0 Å². The lowest BCUT2D eigenvalue weighted by atomic mass is 9.96. The fourth-order valence-electron chi connectivity index (χ4n) is 1.97. The predicted octanol–water partition coefficient (Wildman–Crippen LogP) is 2.43. The number of hydrogen-bond acceptors (Lipinski definition) is 5. The van der Waals surface area contributed by atoms with E-state index in [2.05, 4.69) is 4.99 Å². The van der Waals surface area contributed by atoms with Crippen molar-refractivity contribution in [3.8, 4) is 5.75 Å². The van der Waals surface area contributed by atoms with Crippen molar-refractivity contribution in [2.75, 3.05) is 7.11 Å². The van der Waals surface area contributed by atoms with E-state index >= 15 is 0 Å². The molecule has 0 bridgehead atoms. The van der Waals surface area contributed by atoms with Crippen LogP contribution in [-0.4, -0.2) is 24.6 Å². The van der Waals surface area contributed by atoms with Crippen molar-refractivity contribution >= 4 is 23.2 Å². The first kappa shape index (κ1) is 14.0. The molecule has 1 aromatic rings. The van der Waals surface area contributed by atoms with Crippen LogP contribution < -0.4 is 4.74 Å². The monoisotopic (exact) mass is 273 g/mol. The molecule has 0 aromatic heterocycles. The summed E-state index contributed by atoms with van der Waals surface area (Å²) in [5.41, 5.74) is 1.02. The summed E-state index contributed by atoms with van der Waals surface area (Å²) in [6.07, 6.45) is 1.32. The Morgan fingerprint density at radius 3 is 2.75 bits per heavy atom. The zero-order chi connectivity index (χ0) is 14.7. The van der Waals surface area contributed by atoms with Crippen molar-refractivity contribution in [3.63, 3.8) is 0 Å². The normalized spacial score (nSPS) is 19.4. The van der Waals surface area contributed by atoms with E-state index in [4.69, 9.17) is 9.47 Å². The zero-order valence-corrected chi connectivity index (χ0v) is 11.5. The van der Waals surface area contributed by atoms with Gasteiger partial charge in [-0.05, 0) is 26.0 Å². The molecule has 0 aliphatic carbocycles. The van der Waals surface area contributed by atoms with E-state index in [-0.39, 0.29) is 5.78 Å². The van der Waals surface area contributed by atoms with Crippen molar-refractivity contribution in [2.24, 2.45) is 10.9 Å². The number of nitrogens with zero attached hydrogens (tertiary/aromatic N) is 1. The Labute approximate surface area is 116 Å². The molecule has 104 valence electrons. The van der Waals surface area contributed by atoms with Crippen LogP contribution in [-0.2, 0) is 14.3 Å². The second-order valence-corrected chi connectivity index (χ2v) is 4.47. The number of allylic oxidation sites excluding steroid dienone is 2. The van der Waals surface area contributed by atoms with Crippen LogP contribution in [0.25, 0.3) is 0 Å². The fourth-order valence-corrected chi connectivity index (χ4v) is 1.97. The molecule has 5 nitrogen and oxygen atoms in total. The molecule has 0 N–H and O–H groups in total. The van der Waals surface area contributed by atoms with Crippen molar-refractivity contribution in [1.29, 1.82) is 0 Å². The Bertz CT molecular complexity index is 616. The molecule has 5 heteroatoms. The minimum Gasteiger partial charge on any atom is -0.497 e. The average molecular weight is 273 g/mol. The molecule has 1 heterocycles. The fraction of sp³-hybridized carbons (Fsp3) is 0.267. The lowest BCUT2D eigenvalue weighted by molar-refractivity contribution is -0.146. The molecule has 0 saturated heterocycles. The number of cyclic esters (lactones) is 1. The highest BCUT2D eigenvalue weighted by molar-refractivity contribution is 6.23. The highest BCUT2D eigenvalue weighted by atomic mass is 16.5. The Kier molecular flexibility index (Phi) is 3.98. The Morgan fingerprint density at radius 1 is 1.35 bits per heavy atom. The van der Waals surface area contributed by atoms with Gasteiger partial charge in [0.05, 0.1) is 12.8 Å². The molecule has 0 spiro atoms. The molecule has 0 fully saturated rings. The Morgan fingerprint density at radius 2 is 2.10 bits per heavy atom. The van der Waals surface area contributed by atoms with E-state index < -0.39 is 11.9 Å². The van der Waals surface area contributed by atoms with Gasteiger partial charge in [0, 0.05) is 17.9 Å². The van der Waals surface area contributed by atoms with E-state index in [1.165, 1.54) is 6.08 Å². The minimum atomic E-state index is -0.968. The molecular weight excluding hydrogens is 258 g/mol. The van der Waals surface area contributed by atoms with Gasteiger partial charge in [-0.25, -0.2) is 0 Å². The third kappa shape index (κ3) is 2.93. The Hall–Kier alpha value is -2.43. The molecule has 1 aliphatic heterocycles. The molecule has 1 aliphatic rings. The van der Waals surface area contributed by atoms with E-state index in [1.54, 1.807) is 45.2 Å². The maximum Gasteiger partial charge on any atom is 0.327 e. The quantitative estimate of drug-likeness (QED) is 0.482. The summed E-state index contributed by atoms with van der Waals surface area (Å²) in [7, 11) is 1.56. The number of carbonyl (C=O) groups is 2. The second kappa shape index (κ2) is 5.69. The summed E-state index contributed by atoms with van der Waals surface area (Å²) in [5.74, 6) is -0.885. The SMILES string of the molecule is COc1cccc(N=C(C)C2C(=O)C=C(C)OC2=O)c1. The third-order valence-electron chi connectivity index (χ3n) is 2.90. The maximum absolute atomic E-state index is 11.9. The summed E-state index contributed by atoms with van der Waals surface area (Å²) in [6, 6.07) is 7.07. The van der Waals surface area contributed by atoms with Gasteiger partial charge >= 0.3 is 5.97 Å². The van der Waals surface area contributed by atoms with Gasteiger partial charge in [-0.1, -0.05) is 6.07 Å². The summed E-state index contributed by atoms with van der Waals surface area (Å²) in [4.78, 5) is 28.0. The predicted molar refractivity (Wildman–Crippen MR) is 74.1 cm³/mol. The number of ether oxygens (including phenoxy) is 2. The average Bonchev–Trinajstić information content (AvgIpc) is 2.37. The number of hydrogen-bond donors (Lipinski definition) is 0. The molecule has 1 atom stereocenters. The minimum absolute atomic E-state index is 0.303. The lowest BCUT2D eigenvalue weighted by Gasteiger charge is -2.18. The van der Waals surface area contributed by atoms with E-state index in [9.17, 15) is 9.59 Å². The summed E-state index contributed by atoms with van der Waals surface area (Å²) in [5, 5.41) is 0. The van der Waals surface area contributed by atoms with Crippen LogP contribution in [0.4, 0.5) is 5.69 Å². The number of carbonyl (C=O) groups excluding carboxylic acids is 2. The highest BCUT2D eigenvalue weighted by Gasteiger charge is 2.33. The molecular formula is C15H15NO4. The van der Waals surface area contributed by atoms with Gasteiger partial charge in [-0.3, -0.25) is 14.6 Å². The number of benzene rings is 1. The smallest absolute Gasteiger partial charge is 0.327 e. The largest absolute Gasteiger partial charge is 0.497 e. The summed E-state index contributed by atoms with van der Waals surface area (Å²) in [6.45, 7) is 3.21. The van der Waals surface area contributed by atoms with Gasteiger partial charge in [0.1, 0.15) is 11.5 Å². The van der Waals surface area contributed by atoms with E-state index in [1.807, 2.05) is 0 Å². The third-order valence-corrected chi connectivity index (χ3v) is 2.90. The number of rotatable bonds is 3. The van der Waals surface area contributed by atoms with Crippen LogP contribution in [0, 0.1) is 5.92 Å². The molecule has 20 heavy (non-hydrogen) atoms. The van der Waals surface area contributed by atoms with Crippen LogP contribution in [0.3, 0.4) is 0 Å². The van der Waals surface area contributed by atoms with Gasteiger partial charge in [0.15, 0.2) is 11.7 Å². The number of methoxy groups -OCH3 is 1. The van der Waals surface area contributed by atoms with Gasteiger partial charge in [-0.2, -0.15) is 0 Å². The van der Waals surface area contributed by atoms with Crippen LogP contribution in [0.5, 0.6) is 5.75 Å². The van der Waals surface area contributed by atoms with Crippen molar-refractivity contribution < 1.29 is 19.1 Å². The first-order valence-electron chi connectivity index (χ1n) is 6.14. The van der Waals surface area contributed by atoms with Gasteiger partial charge in [0.25, 0.3) is 0 Å². The van der Waals surface area contributed by atoms with Crippen molar-refractivity contribution in [2.45, 2.75) is 13.8 Å². The molecule has 1 unspecified atom stereocenters. The van der Waals surface area contributed by atoms with E-state index in [0.717, 1.165) is 0 Å². The number of ketones is 1. The van der Waals surface area contributed by atoms with E-state index in [0.29, 0.717) is 22.9 Å².